The van der Waals surface area contributed by atoms with E-state index in [1.54, 1.807) is 37.4 Å². The predicted molar refractivity (Wildman–Crippen MR) is 178 cm³/mol. The van der Waals surface area contributed by atoms with E-state index in [9.17, 15) is 24.6 Å². The number of nitrogens with one attached hydrogen (secondary N) is 3. The van der Waals surface area contributed by atoms with E-state index in [-0.39, 0.29) is 36.1 Å². The molecule has 0 saturated heterocycles. The molecule has 16 heteroatoms. The Morgan fingerprint density at radius 1 is 0.872 bits per heavy atom. The van der Waals surface area contributed by atoms with E-state index in [0.717, 1.165) is 9.13 Å². The minimum Gasteiger partial charge on any atom is -0.493 e. The number of fused-ring (bicyclic) bond motifs is 1. The zero-order valence-electron chi connectivity index (χ0n) is 24.9. The van der Waals surface area contributed by atoms with Crippen LogP contribution in [0.25, 0.3) is 10.9 Å². The Morgan fingerprint density at radius 3 is 2.06 bits per heavy atom. The lowest BCUT2D eigenvalue weighted by Gasteiger charge is -2.25. The highest BCUT2D eigenvalue weighted by Crippen LogP contribution is 2.36. The lowest BCUT2D eigenvalue weighted by atomic mass is 10.0. The van der Waals surface area contributed by atoms with E-state index < -0.39 is 42.9 Å². The Balaban J connectivity index is 0.000000392. The van der Waals surface area contributed by atoms with Gasteiger partial charge in [-0.05, 0) is 89.8 Å². The maximum Gasteiger partial charge on any atom is 0.335 e. The third-order valence-electron chi connectivity index (χ3n) is 6.74. The number of aliphatic hydroxyl groups is 5. The number of benzene rings is 3. The van der Waals surface area contributed by atoms with Gasteiger partial charge in [-0.15, -0.1) is 10.2 Å². The molecule has 250 valence electrons. The summed E-state index contributed by atoms with van der Waals surface area (Å²) in [6.45, 7) is -0.349. The van der Waals surface area contributed by atoms with Crippen LogP contribution < -0.4 is 10.6 Å². The Hall–Kier alpha value is -4.30. The number of aromatic carboxylic acids is 1. The first-order valence-corrected chi connectivity index (χ1v) is 15.1. The maximum absolute atomic E-state index is 12.4. The molecule has 4 aromatic rings. The zero-order chi connectivity index (χ0) is 34.7. The molecule has 47 heavy (non-hydrogen) atoms. The summed E-state index contributed by atoms with van der Waals surface area (Å²) < 4.78 is 0.951. The third kappa shape index (κ3) is 10.3. The second-order valence-electron chi connectivity index (χ2n) is 10.1. The van der Waals surface area contributed by atoms with Gasteiger partial charge in [-0.2, -0.15) is 0 Å². The monoisotopic (exact) mass is 763 g/mol. The lowest BCUT2D eigenvalue weighted by molar-refractivity contribution is -0.113. The first kappa shape index (κ1) is 37.2. The number of aromatic amines is 1. The Labute approximate surface area is 281 Å². The molecule has 2 amide bonds. The standard InChI is InChI=1S/C24H17IN4O5.C7H17NO5/c25-17-9-10-19-18(11-17)20(23(32)27-19)28-29-22(31)15-3-1-13(2-4-15)12-26-21(30)14-5-7-16(8-6-14)24(33)34;1-8-2-4(10)6(12)7(13)5(11)3-9/h1-11,27,32H,12H2,(H,26,30)(H,33,34);4-13H,2-3H2,1H3/t;4-,5+,6+,7+/m.0/s1. The number of amides is 2. The van der Waals surface area contributed by atoms with Crippen molar-refractivity contribution in [1.82, 2.24) is 15.6 Å². The highest BCUT2D eigenvalue weighted by molar-refractivity contribution is 14.1. The van der Waals surface area contributed by atoms with E-state index in [2.05, 4.69) is 48.4 Å². The predicted octanol–water partition coefficient (Wildman–Crippen LogP) is 1.67. The molecule has 15 nitrogen and oxygen atoms in total. The number of aromatic hydroxyl groups is 1. The van der Waals surface area contributed by atoms with Crippen molar-refractivity contribution >= 4 is 57.0 Å². The van der Waals surface area contributed by atoms with Crippen LogP contribution in [0, 0.1) is 3.57 Å². The molecule has 0 fully saturated rings. The van der Waals surface area contributed by atoms with Gasteiger partial charge in [0.2, 0.25) is 5.88 Å². The molecule has 0 spiro atoms. The molecule has 0 saturated carbocycles. The minimum absolute atomic E-state index is 0.0936. The van der Waals surface area contributed by atoms with Gasteiger partial charge in [0.1, 0.15) is 18.3 Å². The molecular weight excluding hydrogens is 729 g/mol. The van der Waals surface area contributed by atoms with Gasteiger partial charge >= 0.3 is 5.97 Å². The van der Waals surface area contributed by atoms with Crippen LogP contribution in [0.3, 0.4) is 0 Å². The number of carboxylic acid groups (broad SMARTS) is 1. The van der Waals surface area contributed by atoms with Crippen molar-refractivity contribution in [3.8, 4) is 5.88 Å². The second-order valence-corrected chi connectivity index (χ2v) is 11.4. The Morgan fingerprint density at radius 2 is 1.47 bits per heavy atom. The highest BCUT2D eigenvalue weighted by atomic mass is 127. The molecule has 4 atom stereocenters. The van der Waals surface area contributed by atoms with Gasteiger partial charge in [-0.1, -0.05) is 12.1 Å². The van der Waals surface area contributed by atoms with Gasteiger partial charge in [-0.3, -0.25) is 9.59 Å². The number of carbonyl (C=O) groups is 3. The van der Waals surface area contributed by atoms with Gasteiger partial charge in [0.05, 0.1) is 23.8 Å². The van der Waals surface area contributed by atoms with Crippen LogP contribution >= 0.6 is 22.6 Å². The number of aromatic nitrogens is 1. The van der Waals surface area contributed by atoms with Crippen molar-refractivity contribution in [2.45, 2.75) is 31.0 Å². The first-order valence-electron chi connectivity index (χ1n) is 14.0. The fourth-order valence-electron chi connectivity index (χ4n) is 4.10. The van der Waals surface area contributed by atoms with Crippen molar-refractivity contribution in [3.63, 3.8) is 0 Å². The van der Waals surface area contributed by atoms with Crippen LogP contribution in [0.2, 0.25) is 0 Å². The van der Waals surface area contributed by atoms with Crippen LogP contribution in [-0.2, 0) is 6.54 Å². The van der Waals surface area contributed by atoms with Crippen LogP contribution in [0.5, 0.6) is 5.88 Å². The normalized spacial score (nSPS) is 13.8. The number of carboxylic acids is 1. The number of likely N-dealkylation sites (N-methyl/N-ethyl adjacent to an activating group) is 1. The summed E-state index contributed by atoms with van der Waals surface area (Å²) in [7, 11) is 1.57. The summed E-state index contributed by atoms with van der Waals surface area (Å²) in [4.78, 5) is 38.4. The summed E-state index contributed by atoms with van der Waals surface area (Å²) in [5.74, 6) is -2.15. The van der Waals surface area contributed by atoms with Gasteiger partial charge < -0.3 is 51.4 Å². The summed E-state index contributed by atoms with van der Waals surface area (Å²) in [5, 5.41) is 77.6. The lowest BCUT2D eigenvalue weighted by Crippen LogP contribution is -2.48. The summed E-state index contributed by atoms with van der Waals surface area (Å²) in [6, 6.07) is 17.6. The zero-order valence-corrected chi connectivity index (χ0v) is 27.1. The molecule has 0 unspecified atom stereocenters. The van der Waals surface area contributed by atoms with Gasteiger partial charge in [0.25, 0.3) is 11.8 Å². The molecule has 10 N–H and O–H groups in total. The number of carbonyl (C=O) groups excluding carboxylic acids is 2. The van der Waals surface area contributed by atoms with E-state index in [1.165, 1.54) is 24.3 Å². The molecule has 0 bridgehead atoms. The van der Waals surface area contributed by atoms with Crippen molar-refractivity contribution in [2.24, 2.45) is 10.2 Å². The van der Waals surface area contributed by atoms with Gasteiger partial charge in [0, 0.05) is 33.2 Å². The number of nitrogens with zero attached hydrogens (tertiary/aromatic N) is 2. The molecule has 1 aromatic heterocycles. The Bertz CT molecular complexity index is 1700. The van der Waals surface area contributed by atoms with Crippen LogP contribution in [0.4, 0.5) is 5.69 Å². The number of azo groups is 1. The first-order chi connectivity index (χ1) is 22.4. The highest BCUT2D eigenvalue weighted by Gasteiger charge is 2.29. The molecule has 3 aromatic carbocycles. The SMILES string of the molecule is CNC[C@H](O)[C@@H](O)[C@H](O)[C@H](O)CO.O=C(O)c1ccc(C(=O)NCc2ccc(C(=O)N=Nc3c(O)[nH]c4ccc(I)cc34)cc2)cc1. The quantitative estimate of drug-likeness (QED) is 0.0734. The number of rotatable bonds is 12. The molecule has 0 radical (unpaired) electrons. The largest absolute Gasteiger partial charge is 0.493 e. The average Bonchev–Trinajstić information content (AvgIpc) is 3.39. The molecule has 0 aliphatic heterocycles. The molecule has 4 rings (SSSR count). The van der Waals surface area contributed by atoms with Crippen LogP contribution in [0.15, 0.2) is 77.0 Å². The molecule has 0 aliphatic rings. The number of hydrogen-bond acceptors (Lipinski definition) is 11. The van der Waals surface area contributed by atoms with E-state index in [0.29, 0.717) is 22.0 Å². The minimum atomic E-state index is -1.55. The smallest absolute Gasteiger partial charge is 0.335 e. The number of hydrogen-bond donors (Lipinski definition) is 10. The number of aliphatic hydroxyl groups excluding tert-OH is 5. The van der Waals surface area contributed by atoms with Gasteiger partial charge in [-0.25, -0.2) is 4.79 Å². The van der Waals surface area contributed by atoms with Crippen LogP contribution in [0.1, 0.15) is 36.6 Å². The second kappa shape index (κ2) is 17.6. The third-order valence-corrected chi connectivity index (χ3v) is 7.41. The topological polar surface area (TPSA) is 257 Å². The fraction of sp³-hybridized carbons (Fsp3) is 0.258. The average molecular weight is 764 g/mol. The number of halogens is 1. The maximum atomic E-state index is 12.4. The number of H-pyrrole nitrogens is 1. The Kier molecular flexibility index (Phi) is 13.9. The van der Waals surface area contributed by atoms with E-state index in [4.69, 9.17) is 25.5 Å². The van der Waals surface area contributed by atoms with Crippen molar-refractivity contribution in [3.05, 3.63) is 92.6 Å². The molecule has 1 heterocycles. The van der Waals surface area contributed by atoms with Crippen molar-refractivity contribution in [1.29, 1.82) is 0 Å². The molecule has 0 aliphatic carbocycles. The van der Waals surface area contributed by atoms with E-state index in [1.807, 2.05) is 12.1 Å². The van der Waals surface area contributed by atoms with Crippen molar-refractivity contribution < 1.29 is 50.1 Å². The summed E-state index contributed by atoms with van der Waals surface area (Å²) in [6.07, 6.45) is -5.65. The summed E-state index contributed by atoms with van der Waals surface area (Å²) >= 11 is 2.14. The van der Waals surface area contributed by atoms with Crippen LogP contribution in [-0.4, -0.2) is 103 Å². The van der Waals surface area contributed by atoms with E-state index >= 15 is 0 Å². The molecular formula is C31H34IN5O10. The van der Waals surface area contributed by atoms with Gasteiger partial charge in [0.15, 0.2) is 5.69 Å². The summed E-state index contributed by atoms with van der Waals surface area (Å²) in [5.41, 5.74) is 2.38. The van der Waals surface area contributed by atoms with Crippen molar-refractivity contribution in [2.75, 3.05) is 20.2 Å². The fourth-order valence-corrected chi connectivity index (χ4v) is 4.59.